The van der Waals surface area contributed by atoms with Crippen molar-refractivity contribution < 1.29 is 47.2 Å². The third kappa shape index (κ3) is 6.15. The molecule has 0 aromatic carbocycles. The Labute approximate surface area is 132 Å². The Kier molecular flexibility index (Phi) is 6.74. The summed E-state index contributed by atoms with van der Waals surface area (Å²) >= 11 is 0. The van der Waals surface area contributed by atoms with Gasteiger partial charge in [0.2, 0.25) is 0 Å². The number of ether oxygens (including phenoxy) is 1. The monoisotopic (exact) mass is 377 g/mol. The van der Waals surface area contributed by atoms with E-state index in [0.717, 1.165) is 6.42 Å². The Balaban J connectivity index is 1.77. The fourth-order valence-corrected chi connectivity index (χ4v) is 4.37. The maximum Gasteiger partial charge on any atom is 0.481 e. The number of phosphoric acid groups is 2. The first-order valence-corrected chi connectivity index (χ1v) is 10.0. The van der Waals surface area contributed by atoms with Crippen LogP contribution in [0.15, 0.2) is 0 Å². The van der Waals surface area contributed by atoms with Crippen molar-refractivity contribution in [3.05, 3.63) is 0 Å². The molecule has 2 rings (SSSR count). The second kappa shape index (κ2) is 7.99. The van der Waals surface area contributed by atoms with Crippen molar-refractivity contribution in [2.45, 2.75) is 37.2 Å². The second-order valence-corrected chi connectivity index (χ2v) is 8.36. The van der Waals surface area contributed by atoms with E-state index in [1.165, 1.54) is 0 Å². The van der Waals surface area contributed by atoms with E-state index >= 15 is 0 Å². The molecule has 2 aliphatic heterocycles. The Morgan fingerprint density at radius 2 is 1.78 bits per heavy atom. The first-order chi connectivity index (χ1) is 10.7. The van der Waals surface area contributed by atoms with Gasteiger partial charge in [0.25, 0.3) is 0 Å². The predicted octanol–water partition coefficient (Wildman–Crippen LogP) is -0.890. The highest BCUT2D eigenvalue weighted by Gasteiger charge is 2.39. The van der Waals surface area contributed by atoms with Gasteiger partial charge in [-0.2, -0.15) is 4.31 Å². The molecule has 13 heteroatoms. The average molecular weight is 377 g/mol. The van der Waals surface area contributed by atoms with Crippen LogP contribution in [0.3, 0.4) is 0 Å². The standard InChI is InChI=1S/C10H21NO10P2/c12-9-4-11-8(10(9)13)6-20-23(16,17)21-22(14,15)19-5-7-2-1-3-18-7/h7-13H,1-6H2,(H,14,15)(H,16,17)/t7-,8+,9?,10-/m0/s1. The van der Waals surface area contributed by atoms with E-state index in [-0.39, 0.29) is 19.3 Å². The van der Waals surface area contributed by atoms with Crippen molar-refractivity contribution in [3.63, 3.8) is 0 Å². The van der Waals surface area contributed by atoms with E-state index in [2.05, 4.69) is 18.7 Å². The zero-order chi connectivity index (χ0) is 17.1. The highest BCUT2D eigenvalue weighted by Crippen LogP contribution is 2.60. The second-order valence-electron chi connectivity index (χ2n) is 5.32. The summed E-state index contributed by atoms with van der Waals surface area (Å²) in [7, 11) is -9.69. The highest BCUT2D eigenvalue weighted by molar-refractivity contribution is 7.61. The van der Waals surface area contributed by atoms with Gasteiger partial charge in [-0.05, 0) is 12.8 Å². The summed E-state index contributed by atoms with van der Waals surface area (Å²) in [5, 5.41) is 21.5. The molecule has 0 aliphatic carbocycles. The Bertz CT molecular complexity index is 484. The third-order valence-corrected chi connectivity index (χ3v) is 6.07. The van der Waals surface area contributed by atoms with Gasteiger partial charge in [0.05, 0.1) is 37.6 Å². The summed E-state index contributed by atoms with van der Waals surface area (Å²) < 4.78 is 41.8. The number of β-amino-alcohol motifs (C(OH)–C–C–N with tert-alkyl or cyclic N) is 1. The van der Waals surface area contributed by atoms with Gasteiger partial charge >= 0.3 is 15.6 Å². The number of hydrogen-bond donors (Lipinski definition) is 5. The van der Waals surface area contributed by atoms with Gasteiger partial charge in [-0.1, -0.05) is 0 Å². The number of nitrogens with one attached hydrogen (secondary N) is 1. The Morgan fingerprint density at radius 1 is 1.13 bits per heavy atom. The van der Waals surface area contributed by atoms with Crippen LogP contribution in [0.5, 0.6) is 0 Å². The van der Waals surface area contributed by atoms with Crippen LogP contribution < -0.4 is 5.32 Å². The van der Waals surface area contributed by atoms with Crippen LogP contribution >= 0.6 is 15.6 Å². The minimum atomic E-state index is -4.89. The molecule has 0 saturated carbocycles. The van der Waals surface area contributed by atoms with Crippen molar-refractivity contribution in [3.8, 4) is 0 Å². The maximum atomic E-state index is 11.7. The summed E-state index contributed by atoms with van der Waals surface area (Å²) in [6, 6.07) is -0.806. The van der Waals surface area contributed by atoms with Crippen molar-refractivity contribution in [2.75, 3.05) is 26.4 Å². The lowest BCUT2D eigenvalue weighted by molar-refractivity contribution is 0.0278. The average Bonchev–Trinajstić information content (AvgIpc) is 3.06. The first-order valence-electron chi connectivity index (χ1n) is 7.06. The largest absolute Gasteiger partial charge is 0.481 e. The molecular formula is C10H21NO10P2. The van der Waals surface area contributed by atoms with Gasteiger partial charge in [-0.25, -0.2) is 9.13 Å². The van der Waals surface area contributed by atoms with Gasteiger partial charge in [0, 0.05) is 13.2 Å². The Hall–Kier alpha value is 0.1000. The molecule has 0 aromatic rings. The lowest BCUT2D eigenvalue weighted by Crippen LogP contribution is -2.36. The van der Waals surface area contributed by atoms with Crippen LogP contribution in [0.25, 0.3) is 0 Å². The molecule has 2 fully saturated rings. The van der Waals surface area contributed by atoms with Gasteiger partial charge in [0.15, 0.2) is 0 Å². The van der Waals surface area contributed by atoms with Gasteiger partial charge in [0.1, 0.15) is 0 Å². The van der Waals surface area contributed by atoms with Gasteiger partial charge in [-0.15, -0.1) is 0 Å². The quantitative estimate of drug-likeness (QED) is 0.333. The Morgan fingerprint density at radius 3 is 2.30 bits per heavy atom. The van der Waals surface area contributed by atoms with Crippen LogP contribution in [0.4, 0.5) is 0 Å². The fourth-order valence-electron chi connectivity index (χ4n) is 2.24. The molecule has 0 bridgehead atoms. The van der Waals surface area contributed by atoms with Crippen LogP contribution in [-0.2, 0) is 27.2 Å². The lowest BCUT2D eigenvalue weighted by atomic mass is 10.1. The molecule has 0 aromatic heterocycles. The molecule has 6 atom stereocenters. The molecule has 23 heavy (non-hydrogen) atoms. The summed E-state index contributed by atoms with van der Waals surface area (Å²) in [4.78, 5) is 18.9. The number of hydrogen-bond acceptors (Lipinski definition) is 9. The molecule has 5 N–H and O–H groups in total. The number of aliphatic hydroxyl groups is 2. The van der Waals surface area contributed by atoms with Crippen LogP contribution in [0.1, 0.15) is 12.8 Å². The molecule has 2 heterocycles. The number of aliphatic hydroxyl groups excluding tert-OH is 2. The van der Waals surface area contributed by atoms with E-state index in [0.29, 0.717) is 13.0 Å². The summed E-state index contributed by atoms with van der Waals surface area (Å²) in [6.07, 6.45) is -1.12. The van der Waals surface area contributed by atoms with E-state index < -0.39 is 40.5 Å². The summed E-state index contributed by atoms with van der Waals surface area (Å²) in [5.74, 6) is 0. The predicted molar refractivity (Wildman–Crippen MR) is 75.4 cm³/mol. The van der Waals surface area contributed by atoms with Crippen molar-refractivity contribution in [2.24, 2.45) is 0 Å². The van der Waals surface area contributed by atoms with Crippen LogP contribution in [0, 0.1) is 0 Å². The highest BCUT2D eigenvalue weighted by atomic mass is 31.3. The lowest BCUT2D eigenvalue weighted by Gasteiger charge is -2.20. The number of phosphoric ester groups is 2. The van der Waals surface area contributed by atoms with E-state index in [1.54, 1.807) is 0 Å². The van der Waals surface area contributed by atoms with E-state index in [1.807, 2.05) is 0 Å². The molecule has 0 amide bonds. The SMILES string of the molecule is O=P(O)(OC[C@@H]1CCCO1)OP(=O)(O)OC[C@H]1NCC(O)[C@H]1O. The van der Waals surface area contributed by atoms with E-state index in [9.17, 15) is 29.1 Å². The molecule has 136 valence electrons. The topological polar surface area (TPSA) is 164 Å². The van der Waals surface area contributed by atoms with Gasteiger partial charge < -0.3 is 30.1 Å². The minimum absolute atomic E-state index is 0.0920. The van der Waals surface area contributed by atoms with Crippen LogP contribution in [-0.4, -0.2) is 70.7 Å². The molecule has 0 radical (unpaired) electrons. The van der Waals surface area contributed by atoms with Crippen LogP contribution in [0.2, 0.25) is 0 Å². The molecule has 11 nitrogen and oxygen atoms in total. The molecular weight excluding hydrogens is 356 g/mol. The third-order valence-electron chi connectivity index (χ3n) is 3.47. The summed E-state index contributed by atoms with van der Waals surface area (Å²) in [6.45, 7) is -0.135. The minimum Gasteiger partial charge on any atom is -0.389 e. The molecule has 2 saturated heterocycles. The first kappa shape index (κ1) is 19.4. The maximum absolute atomic E-state index is 11.7. The fraction of sp³-hybridized carbons (Fsp3) is 1.00. The smallest absolute Gasteiger partial charge is 0.389 e. The molecule has 3 unspecified atom stereocenters. The summed E-state index contributed by atoms with van der Waals surface area (Å²) in [5.41, 5.74) is 0. The van der Waals surface area contributed by atoms with E-state index in [4.69, 9.17) is 4.74 Å². The van der Waals surface area contributed by atoms with Crippen molar-refractivity contribution >= 4 is 15.6 Å². The molecule has 0 spiro atoms. The zero-order valence-electron chi connectivity index (χ0n) is 12.2. The zero-order valence-corrected chi connectivity index (χ0v) is 14.0. The van der Waals surface area contributed by atoms with Crippen molar-refractivity contribution in [1.29, 1.82) is 0 Å². The number of rotatable bonds is 8. The normalized spacial score (nSPS) is 36.7. The molecule has 2 aliphatic rings. The van der Waals surface area contributed by atoms with Crippen molar-refractivity contribution in [1.82, 2.24) is 5.32 Å². The van der Waals surface area contributed by atoms with Gasteiger partial charge in [-0.3, -0.25) is 9.05 Å².